The first-order chi connectivity index (χ1) is 12.3. The number of nitrogens with zero attached hydrogens (tertiary/aromatic N) is 2. The predicted molar refractivity (Wildman–Crippen MR) is 90.3 cm³/mol. The highest BCUT2D eigenvalue weighted by Gasteiger charge is 2.34. The van der Waals surface area contributed by atoms with Gasteiger partial charge in [0.25, 0.3) is 0 Å². The highest BCUT2D eigenvalue weighted by Crippen LogP contribution is 2.32. The molecule has 2 aliphatic heterocycles. The first-order valence-electron chi connectivity index (χ1n) is 8.92. The van der Waals surface area contributed by atoms with E-state index in [0.29, 0.717) is 18.2 Å². The molecule has 0 saturated carbocycles. The van der Waals surface area contributed by atoms with Crippen molar-refractivity contribution < 1.29 is 22.4 Å². The van der Waals surface area contributed by atoms with Crippen LogP contribution in [0.4, 0.5) is 17.6 Å². The van der Waals surface area contributed by atoms with Crippen molar-refractivity contribution in [3.63, 3.8) is 0 Å². The summed E-state index contributed by atoms with van der Waals surface area (Å²) in [6, 6.07) is 2.92. The van der Waals surface area contributed by atoms with Gasteiger partial charge in [-0.3, -0.25) is 4.79 Å². The third-order valence-electron chi connectivity index (χ3n) is 5.15. The Bertz CT molecular complexity index is 673. The van der Waals surface area contributed by atoms with Crippen molar-refractivity contribution in [1.82, 2.24) is 9.80 Å². The maximum absolute atomic E-state index is 13.3. The molecule has 0 unspecified atom stereocenters. The fraction of sp³-hybridized carbons (Fsp3) is 0.526. The van der Waals surface area contributed by atoms with Gasteiger partial charge in [-0.05, 0) is 57.0 Å². The zero-order valence-corrected chi connectivity index (χ0v) is 14.4. The lowest BCUT2D eigenvalue weighted by atomic mass is 10.0. The van der Waals surface area contributed by atoms with E-state index in [1.165, 1.54) is 18.9 Å². The summed E-state index contributed by atoms with van der Waals surface area (Å²) in [7, 11) is 0. The van der Waals surface area contributed by atoms with Crippen LogP contribution in [-0.2, 0) is 6.18 Å². The molecule has 0 atom stereocenters. The number of allylic oxidation sites excluding steroid dienone is 1. The van der Waals surface area contributed by atoms with Crippen LogP contribution in [0.15, 0.2) is 30.5 Å². The van der Waals surface area contributed by atoms with E-state index in [9.17, 15) is 22.4 Å². The summed E-state index contributed by atoms with van der Waals surface area (Å²) in [6.45, 7) is 3.96. The molecule has 3 rings (SSSR count). The number of piperidine rings is 1. The molecule has 2 heterocycles. The summed E-state index contributed by atoms with van der Waals surface area (Å²) < 4.78 is 51.6. The maximum atomic E-state index is 13.3. The number of ketones is 1. The Labute approximate surface area is 150 Å². The highest BCUT2D eigenvalue weighted by molar-refractivity contribution is 6.04. The third-order valence-corrected chi connectivity index (χ3v) is 5.15. The van der Waals surface area contributed by atoms with Crippen LogP contribution in [0.1, 0.15) is 41.6 Å². The SMILES string of the molecule is O=C(C=CN1CCC(N2CCCC2)CC1)c1ccc(F)c(C(F)(F)F)c1. The number of alkyl halides is 3. The van der Waals surface area contributed by atoms with Gasteiger partial charge in [-0.15, -0.1) is 0 Å². The van der Waals surface area contributed by atoms with E-state index in [-0.39, 0.29) is 5.56 Å². The molecule has 0 amide bonds. The fourth-order valence-electron chi connectivity index (χ4n) is 3.67. The van der Waals surface area contributed by atoms with Crippen LogP contribution in [0.2, 0.25) is 0 Å². The molecule has 26 heavy (non-hydrogen) atoms. The molecule has 2 aliphatic rings. The van der Waals surface area contributed by atoms with Gasteiger partial charge in [0.2, 0.25) is 0 Å². The number of rotatable bonds is 4. The second-order valence-electron chi connectivity index (χ2n) is 6.88. The number of likely N-dealkylation sites (tertiary alicyclic amines) is 2. The number of carbonyl (C=O) groups is 1. The Balaban J connectivity index is 1.58. The van der Waals surface area contributed by atoms with Crippen LogP contribution in [0.25, 0.3) is 0 Å². The molecule has 0 aliphatic carbocycles. The maximum Gasteiger partial charge on any atom is 0.419 e. The molecule has 3 nitrogen and oxygen atoms in total. The second kappa shape index (κ2) is 7.78. The van der Waals surface area contributed by atoms with E-state index in [1.54, 1.807) is 6.20 Å². The van der Waals surface area contributed by atoms with Crippen LogP contribution in [-0.4, -0.2) is 47.8 Å². The number of hydrogen-bond donors (Lipinski definition) is 0. The van der Waals surface area contributed by atoms with Crippen LogP contribution in [0.3, 0.4) is 0 Å². The number of hydrogen-bond acceptors (Lipinski definition) is 3. The van der Waals surface area contributed by atoms with Crippen molar-refractivity contribution in [1.29, 1.82) is 0 Å². The molecular weight excluding hydrogens is 348 g/mol. The molecule has 0 spiro atoms. The van der Waals surface area contributed by atoms with Gasteiger partial charge in [-0.2, -0.15) is 13.2 Å². The quantitative estimate of drug-likeness (QED) is 0.453. The first kappa shape index (κ1) is 18.9. The van der Waals surface area contributed by atoms with E-state index in [0.717, 1.165) is 45.1 Å². The van der Waals surface area contributed by atoms with E-state index >= 15 is 0 Å². The molecule has 0 N–H and O–H groups in total. The largest absolute Gasteiger partial charge is 0.419 e. The smallest absolute Gasteiger partial charge is 0.377 e. The number of halogens is 4. The molecule has 2 saturated heterocycles. The minimum absolute atomic E-state index is 0.165. The highest BCUT2D eigenvalue weighted by atomic mass is 19.4. The van der Waals surface area contributed by atoms with Crippen molar-refractivity contribution in [2.45, 2.75) is 37.9 Å². The van der Waals surface area contributed by atoms with Crippen molar-refractivity contribution in [3.8, 4) is 0 Å². The molecule has 142 valence electrons. The lowest BCUT2D eigenvalue weighted by molar-refractivity contribution is -0.140. The second-order valence-corrected chi connectivity index (χ2v) is 6.88. The summed E-state index contributed by atoms with van der Waals surface area (Å²) in [6.07, 6.45) is 2.64. The Morgan fingerprint density at radius 3 is 2.35 bits per heavy atom. The Hall–Kier alpha value is -1.89. The number of carbonyl (C=O) groups excluding carboxylic acids is 1. The molecule has 1 aromatic carbocycles. The molecule has 0 aromatic heterocycles. The average molecular weight is 370 g/mol. The van der Waals surface area contributed by atoms with Gasteiger partial charge < -0.3 is 9.80 Å². The molecule has 1 aromatic rings. The Morgan fingerprint density at radius 2 is 1.73 bits per heavy atom. The topological polar surface area (TPSA) is 23.6 Å². The van der Waals surface area contributed by atoms with Crippen LogP contribution in [0.5, 0.6) is 0 Å². The minimum Gasteiger partial charge on any atom is -0.377 e. The molecule has 2 fully saturated rings. The zero-order valence-electron chi connectivity index (χ0n) is 14.4. The van der Waals surface area contributed by atoms with E-state index in [4.69, 9.17) is 0 Å². The van der Waals surface area contributed by atoms with Crippen LogP contribution < -0.4 is 0 Å². The standard InChI is InChI=1S/C19H22F4N2O/c20-17-4-3-14(13-16(17)19(21,22)23)18(26)7-12-24-10-5-15(6-11-24)25-8-1-2-9-25/h3-4,7,12-13,15H,1-2,5-6,8-11H2. The molecule has 0 radical (unpaired) electrons. The summed E-state index contributed by atoms with van der Waals surface area (Å²) in [5.41, 5.74) is -1.58. The van der Waals surface area contributed by atoms with E-state index < -0.39 is 23.3 Å². The van der Waals surface area contributed by atoms with Crippen molar-refractivity contribution in [2.75, 3.05) is 26.2 Å². The Morgan fingerprint density at radius 1 is 1.08 bits per heavy atom. The first-order valence-corrected chi connectivity index (χ1v) is 8.92. The molecule has 0 bridgehead atoms. The van der Waals surface area contributed by atoms with Gasteiger partial charge in [0, 0.05) is 37.0 Å². The van der Waals surface area contributed by atoms with Crippen molar-refractivity contribution in [3.05, 3.63) is 47.4 Å². The van der Waals surface area contributed by atoms with Crippen LogP contribution in [0, 0.1) is 5.82 Å². The van der Waals surface area contributed by atoms with Gasteiger partial charge >= 0.3 is 6.18 Å². The van der Waals surface area contributed by atoms with Gasteiger partial charge in [0.1, 0.15) is 5.82 Å². The lowest BCUT2D eigenvalue weighted by Crippen LogP contribution is -2.42. The molecular formula is C19H22F4N2O. The van der Waals surface area contributed by atoms with Gasteiger partial charge in [0.15, 0.2) is 5.78 Å². The average Bonchev–Trinajstić information content (AvgIpc) is 3.14. The summed E-state index contributed by atoms with van der Waals surface area (Å²) in [5.74, 6) is -1.93. The summed E-state index contributed by atoms with van der Waals surface area (Å²) >= 11 is 0. The lowest BCUT2D eigenvalue weighted by Gasteiger charge is -2.36. The third kappa shape index (κ3) is 4.44. The van der Waals surface area contributed by atoms with Crippen LogP contribution >= 0.6 is 0 Å². The summed E-state index contributed by atoms with van der Waals surface area (Å²) in [4.78, 5) is 16.7. The van der Waals surface area contributed by atoms with Gasteiger partial charge in [-0.25, -0.2) is 4.39 Å². The summed E-state index contributed by atoms with van der Waals surface area (Å²) in [5, 5.41) is 0. The minimum atomic E-state index is -4.82. The molecule has 7 heteroatoms. The zero-order chi connectivity index (χ0) is 18.7. The number of benzene rings is 1. The predicted octanol–water partition coefficient (Wildman–Crippen LogP) is 4.10. The monoisotopic (exact) mass is 370 g/mol. The van der Waals surface area contributed by atoms with Gasteiger partial charge in [-0.1, -0.05) is 0 Å². The van der Waals surface area contributed by atoms with E-state index in [1.807, 2.05) is 4.90 Å². The van der Waals surface area contributed by atoms with Gasteiger partial charge in [0.05, 0.1) is 5.56 Å². The normalized spacial score (nSPS) is 20.2. The van der Waals surface area contributed by atoms with Crippen molar-refractivity contribution >= 4 is 5.78 Å². The fourth-order valence-corrected chi connectivity index (χ4v) is 3.67. The van der Waals surface area contributed by atoms with E-state index in [2.05, 4.69) is 4.90 Å². The van der Waals surface area contributed by atoms with Crippen molar-refractivity contribution in [2.24, 2.45) is 0 Å². The Kier molecular flexibility index (Phi) is 5.65.